The molecule has 0 fully saturated rings. The van der Waals surface area contributed by atoms with E-state index in [1.165, 1.54) is 18.6 Å². The maximum absolute atomic E-state index is 11.9. The SMILES string of the molecule is Cc1c(C(=O)O)cccc1-c1ccc(/C=N/NC(=O)c2ccncc2)o1. The number of nitrogens with zero attached hydrogens (tertiary/aromatic N) is 2. The molecule has 0 atom stereocenters. The summed E-state index contributed by atoms with van der Waals surface area (Å²) in [4.78, 5) is 26.9. The molecule has 130 valence electrons. The van der Waals surface area contributed by atoms with Gasteiger partial charge in [0.1, 0.15) is 11.5 Å². The molecule has 2 N–H and O–H groups in total. The second kappa shape index (κ2) is 7.43. The number of hydrogen-bond donors (Lipinski definition) is 2. The molecule has 1 amide bonds. The van der Waals surface area contributed by atoms with Gasteiger partial charge >= 0.3 is 5.97 Å². The summed E-state index contributed by atoms with van der Waals surface area (Å²) in [6.07, 6.45) is 4.41. The Hall–Kier alpha value is -3.74. The highest BCUT2D eigenvalue weighted by Gasteiger charge is 2.13. The molecule has 0 unspecified atom stereocenters. The zero-order valence-electron chi connectivity index (χ0n) is 13.8. The largest absolute Gasteiger partial charge is 0.478 e. The quantitative estimate of drug-likeness (QED) is 0.544. The van der Waals surface area contributed by atoms with Gasteiger partial charge in [-0.25, -0.2) is 10.2 Å². The van der Waals surface area contributed by atoms with E-state index in [2.05, 4.69) is 15.5 Å². The van der Waals surface area contributed by atoms with E-state index in [1.54, 1.807) is 49.4 Å². The molecule has 0 aliphatic carbocycles. The van der Waals surface area contributed by atoms with Gasteiger partial charge in [0.05, 0.1) is 11.8 Å². The molecule has 1 aromatic carbocycles. The number of carboxylic acid groups (broad SMARTS) is 1. The monoisotopic (exact) mass is 349 g/mol. The fourth-order valence-electron chi connectivity index (χ4n) is 2.42. The Morgan fingerprint density at radius 2 is 1.92 bits per heavy atom. The Morgan fingerprint density at radius 3 is 2.65 bits per heavy atom. The summed E-state index contributed by atoms with van der Waals surface area (Å²) in [5.74, 6) is -0.403. The average molecular weight is 349 g/mol. The molecule has 26 heavy (non-hydrogen) atoms. The topological polar surface area (TPSA) is 105 Å². The minimum absolute atomic E-state index is 0.221. The minimum atomic E-state index is -0.989. The Bertz CT molecular complexity index is 977. The summed E-state index contributed by atoms with van der Waals surface area (Å²) >= 11 is 0. The number of carbonyl (C=O) groups is 2. The van der Waals surface area contributed by atoms with Crippen LogP contribution in [0.25, 0.3) is 11.3 Å². The Kier molecular flexibility index (Phi) is 4.89. The van der Waals surface area contributed by atoms with Crippen molar-refractivity contribution < 1.29 is 19.1 Å². The van der Waals surface area contributed by atoms with Gasteiger partial charge in [0.2, 0.25) is 0 Å². The zero-order valence-corrected chi connectivity index (χ0v) is 13.8. The van der Waals surface area contributed by atoms with Crippen molar-refractivity contribution >= 4 is 18.1 Å². The number of hydrazone groups is 1. The smallest absolute Gasteiger partial charge is 0.335 e. The number of aromatic nitrogens is 1. The second-order valence-corrected chi connectivity index (χ2v) is 5.42. The first-order chi connectivity index (χ1) is 12.6. The predicted molar refractivity (Wildman–Crippen MR) is 95.1 cm³/mol. The van der Waals surface area contributed by atoms with Crippen LogP contribution in [0.5, 0.6) is 0 Å². The minimum Gasteiger partial charge on any atom is -0.478 e. The van der Waals surface area contributed by atoms with Gasteiger partial charge in [-0.3, -0.25) is 9.78 Å². The first-order valence-electron chi connectivity index (χ1n) is 7.73. The van der Waals surface area contributed by atoms with E-state index in [1.807, 2.05) is 0 Å². The van der Waals surface area contributed by atoms with Crippen molar-refractivity contribution in [2.75, 3.05) is 0 Å². The number of carbonyl (C=O) groups excluding carboxylic acids is 1. The highest BCUT2D eigenvalue weighted by Crippen LogP contribution is 2.27. The van der Waals surface area contributed by atoms with Crippen LogP contribution < -0.4 is 5.43 Å². The molecule has 0 aliphatic heterocycles. The fraction of sp³-hybridized carbons (Fsp3) is 0.0526. The number of aromatic carboxylic acids is 1. The lowest BCUT2D eigenvalue weighted by molar-refractivity contribution is 0.0696. The summed E-state index contributed by atoms with van der Waals surface area (Å²) in [7, 11) is 0. The van der Waals surface area contributed by atoms with Gasteiger partial charge < -0.3 is 9.52 Å². The lowest BCUT2D eigenvalue weighted by Crippen LogP contribution is -2.17. The molecular formula is C19H15N3O4. The van der Waals surface area contributed by atoms with E-state index in [0.717, 1.165) is 0 Å². The summed E-state index contributed by atoms with van der Waals surface area (Å²) in [6, 6.07) is 11.6. The van der Waals surface area contributed by atoms with Crippen LogP contribution >= 0.6 is 0 Å². The Balaban J connectivity index is 1.74. The zero-order chi connectivity index (χ0) is 18.5. The average Bonchev–Trinajstić information content (AvgIpc) is 3.11. The van der Waals surface area contributed by atoms with Crippen LogP contribution in [0.15, 0.2) is 64.4 Å². The third-order valence-corrected chi connectivity index (χ3v) is 3.76. The highest BCUT2D eigenvalue weighted by molar-refractivity contribution is 5.94. The number of furan rings is 1. The maximum Gasteiger partial charge on any atom is 0.335 e. The number of pyridine rings is 1. The van der Waals surface area contributed by atoms with Gasteiger partial charge in [0.15, 0.2) is 0 Å². The molecule has 3 rings (SSSR count). The van der Waals surface area contributed by atoms with E-state index in [4.69, 9.17) is 4.42 Å². The molecule has 0 aliphatic rings. The van der Waals surface area contributed by atoms with Crippen molar-refractivity contribution in [2.24, 2.45) is 5.10 Å². The summed E-state index contributed by atoms with van der Waals surface area (Å²) in [5, 5.41) is 13.1. The lowest BCUT2D eigenvalue weighted by Gasteiger charge is -2.05. The molecule has 7 nitrogen and oxygen atoms in total. The number of nitrogens with one attached hydrogen (secondary N) is 1. The van der Waals surface area contributed by atoms with Crippen molar-refractivity contribution in [3.63, 3.8) is 0 Å². The number of rotatable bonds is 5. The summed E-state index contributed by atoms with van der Waals surface area (Å²) < 4.78 is 5.67. The molecule has 0 bridgehead atoms. The fourth-order valence-corrected chi connectivity index (χ4v) is 2.42. The molecule has 2 heterocycles. The number of amides is 1. The van der Waals surface area contributed by atoms with E-state index in [0.29, 0.717) is 28.2 Å². The van der Waals surface area contributed by atoms with Crippen LogP contribution in [0.4, 0.5) is 0 Å². The molecular weight excluding hydrogens is 334 g/mol. The van der Waals surface area contributed by atoms with Crippen molar-refractivity contribution in [3.8, 4) is 11.3 Å². The van der Waals surface area contributed by atoms with Crippen LogP contribution in [-0.2, 0) is 0 Å². The van der Waals surface area contributed by atoms with Gasteiger partial charge in [0, 0.05) is 23.5 Å². The first-order valence-corrected chi connectivity index (χ1v) is 7.73. The van der Waals surface area contributed by atoms with Crippen molar-refractivity contribution in [1.82, 2.24) is 10.4 Å². The third kappa shape index (κ3) is 3.67. The van der Waals surface area contributed by atoms with Crippen LogP contribution in [0.1, 0.15) is 32.0 Å². The van der Waals surface area contributed by atoms with Crippen molar-refractivity contribution in [1.29, 1.82) is 0 Å². The van der Waals surface area contributed by atoms with E-state index >= 15 is 0 Å². The van der Waals surface area contributed by atoms with Crippen molar-refractivity contribution in [3.05, 3.63) is 77.3 Å². The van der Waals surface area contributed by atoms with Crippen LogP contribution in [0.2, 0.25) is 0 Å². The van der Waals surface area contributed by atoms with Gasteiger partial charge in [-0.05, 0) is 42.8 Å². The van der Waals surface area contributed by atoms with E-state index in [-0.39, 0.29) is 11.5 Å². The molecule has 3 aromatic rings. The highest BCUT2D eigenvalue weighted by atomic mass is 16.4. The standard InChI is InChI=1S/C19H15N3O4/c1-12-15(3-2-4-16(12)19(24)25)17-6-5-14(26-17)11-21-22-18(23)13-7-9-20-10-8-13/h2-11H,1H3,(H,22,23)(H,24,25)/b21-11+. The number of benzene rings is 1. The lowest BCUT2D eigenvalue weighted by atomic mass is 10.0. The molecule has 0 radical (unpaired) electrons. The second-order valence-electron chi connectivity index (χ2n) is 5.42. The molecule has 0 spiro atoms. The first kappa shape index (κ1) is 17.1. The van der Waals surface area contributed by atoms with Crippen LogP contribution in [0.3, 0.4) is 0 Å². The number of hydrogen-bond acceptors (Lipinski definition) is 5. The Labute approximate surface area is 149 Å². The Morgan fingerprint density at radius 1 is 1.15 bits per heavy atom. The summed E-state index contributed by atoms with van der Waals surface area (Å²) in [6.45, 7) is 1.73. The number of carboxylic acids is 1. The van der Waals surface area contributed by atoms with Crippen LogP contribution in [0, 0.1) is 6.92 Å². The molecule has 0 saturated carbocycles. The van der Waals surface area contributed by atoms with E-state index in [9.17, 15) is 14.7 Å². The molecule has 7 heteroatoms. The van der Waals surface area contributed by atoms with Gasteiger partial charge in [0.25, 0.3) is 5.91 Å². The third-order valence-electron chi connectivity index (χ3n) is 3.76. The molecule has 2 aromatic heterocycles. The van der Waals surface area contributed by atoms with Crippen molar-refractivity contribution in [2.45, 2.75) is 6.92 Å². The van der Waals surface area contributed by atoms with Gasteiger partial charge in [-0.2, -0.15) is 5.10 Å². The molecule has 0 saturated heterocycles. The normalized spacial score (nSPS) is 10.8. The van der Waals surface area contributed by atoms with E-state index < -0.39 is 5.97 Å². The van der Waals surface area contributed by atoms with Gasteiger partial charge in [-0.1, -0.05) is 12.1 Å². The maximum atomic E-state index is 11.9. The van der Waals surface area contributed by atoms with Gasteiger partial charge in [-0.15, -0.1) is 0 Å². The van der Waals surface area contributed by atoms with Crippen LogP contribution in [-0.4, -0.2) is 28.2 Å². The summed E-state index contributed by atoms with van der Waals surface area (Å²) in [5.41, 5.74) is 4.36. The predicted octanol–water partition coefficient (Wildman–Crippen LogP) is 3.11.